The van der Waals surface area contributed by atoms with E-state index >= 15 is 0 Å². The SMILES string of the molecule is OC[C@H]1c2nccn2[C@H](O)[C@@H](O)[C@H]1O. The molecule has 0 saturated carbocycles. The first kappa shape index (κ1) is 9.60. The quantitative estimate of drug-likeness (QED) is 0.428. The van der Waals surface area contributed by atoms with E-state index in [1.807, 2.05) is 0 Å². The third-order valence-electron chi connectivity index (χ3n) is 2.58. The van der Waals surface area contributed by atoms with Gasteiger partial charge in [0.1, 0.15) is 11.9 Å². The van der Waals surface area contributed by atoms with Crippen molar-refractivity contribution in [3.8, 4) is 0 Å². The molecule has 2 rings (SSSR count). The van der Waals surface area contributed by atoms with Crippen LogP contribution in [0, 0.1) is 0 Å². The Balaban J connectivity index is 2.44. The van der Waals surface area contributed by atoms with Crippen LogP contribution >= 0.6 is 0 Å². The van der Waals surface area contributed by atoms with Gasteiger partial charge < -0.3 is 25.0 Å². The summed E-state index contributed by atoms with van der Waals surface area (Å²) < 4.78 is 1.35. The van der Waals surface area contributed by atoms with Crippen molar-refractivity contribution in [2.24, 2.45) is 0 Å². The maximum Gasteiger partial charge on any atom is 0.160 e. The smallest absolute Gasteiger partial charge is 0.160 e. The Bertz CT molecular complexity index is 327. The lowest BCUT2D eigenvalue weighted by atomic mass is 9.93. The van der Waals surface area contributed by atoms with Crippen LogP contribution in [-0.2, 0) is 0 Å². The predicted molar refractivity (Wildman–Crippen MR) is 45.3 cm³/mol. The number of hydrogen-bond acceptors (Lipinski definition) is 5. The fourth-order valence-corrected chi connectivity index (χ4v) is 1.76. The molecule has 1 aliphatic rings. The zero-order valence-corrected chi connectivity index (χ0v) is 7.35. The van der Waals surface area contributed by atoms with E-state index in [-0.39, 0.29) is 6.61 Å². The van der Waals surface area contributed by atoms with Crippen LogP contribution in [0.5, 0.6) is 0 Å². The van der Waals surface area contributed by atoms with Gasteiger partial charge >= 0.3 is 0 Å². The predicted octanol–water partition coefficient (Wildman–Crippen LogP) is -1.81. The third-order valence-corrected chi connectivity index (χ3v) is 2.58. The van der Waals surface area contributed by atoms with Gasteiger partial charge in [0.05, 0.1) is 18.6 Å². The van der Waals surface area contributed by atoms with Gasteiger partial charge in [-0.2, -0.15) is 0 Å². The summed E-state index contributed by atoms with van der Waals surface area (Å²) in [5.74, 6) is -0.263. The average Bonchev–Trinajstić information content (AvgIpc) is 2.64. The minimum atomic E-state index is -1.30. The molecule has 78 valence electrons. The minimum Gasteiger partial charge on any atom is -0.396 e. The Morgan fingerprint density at radius 1 is 1.29 bits per heavy atom. The molecule has 6 nitrogen and oxygen atoms in total. The largest absolute Gasteiger partial charge is 0.396 e. The number of rotatable bonds is 1. The topological polar surface area (TPSA) is 98.7 Å². The van der Waals surface area contributed by atoms with Crippen LogP contribution in [0.1, 0.15) is 18.0 Å². The van der Waals surface area contributed by atoms with E-state index < -0.39 is 24.4 Å². The molecule has 0 aromatic carbocycles. The van der Waals surface area contributed by atoms with E-state index in [1.165, 1.54) is 17.0 Å². The minimum absolute atomic E-state index is 0.317. The molecule has 0 spiro atoms. The summed E-state index contributed by atoms with van der Waals surface area (Å²) in [5, 5.41) is 37.6. The lowest BCUT2D eigenvalue weighted by Crippen LogP contribution is -2.46. The maximum atomic E-state index is 9.55. The molecule has 0 bridgehead atoms. The van der Waals surface area contributed by atoms with Crippen LogP contribution in [0.4, 0.5) is 0 Å². The van der Waals surface area contributed by atoms with E-state index in [0.717, 1.165) is 0 Å². The van der Waals surface area contributed by atoms with Crippen molar-refractivity contribution in [2.45, 2.75) is 24.4 Å². The second-order valence-electron chi connectivity index (χ2n) is 3.38. The Morgan fingerprint density at radius 2 is 2.00 bits per heavy atom. The van der Waals surface area contributed by atoms with Crippen LogP contribution in [0.25, 0.3) is 0 Å². The first-order valence-corrected chi connectivity index (χ1v) is 4.34. The highest BCUT2D eigenvalue weighted by molar-refractivity contribution is 5.10. The van der Waals surface area contributed by atoms with Gasteiger partial charge in [-0.15, -0.1) is 0 Å². The number of aliphatic hydroxyl groups excluding tert-OH is 4. The van der Waals surface area contributed by atoms with Gasteiger partial charge in [0.25, 0.3) is 0 Å². The number of aromatic nitrogens is 2. The summed E-state index contributed by atoms with van der Waals surface area (Å²) >= 11 is 0. The second kappa shape index (κ2) is 3.32. The van der Waals surface area contributed by atoms with Gasteiger partial charge in [-0.25, -0.2) is 4.98 Å². The van der Waals surface area contributed by atoms with Crippen LogP contribution in [-0.4, -0.2) is 48.8 Å². The summed E-state index contributed by atoms with van der Waals surface area (Å²) in [4.78, 5) is 3.92. The third kappa shape index (κ3) is 1.16. The molecule has 6 heteroatoms. The monoisotopic (exact) mass is 200 g/mol. The standard InChI is InChI=1S/C8H12N2O4/c11-3-4-5(12)6(13)8(14)10-2-1-9-7(4)10/h1-2,4-6,8,11-14H,3H2/t4-,5+,6+,8-/m1/s1. The van der Waals surface area contributed by atoms with Crippen molar-refractivity contribution < 1.29 is 20.4 Å². The first-order valence-electron chi connectivity index (χ1n) is 4.34. The molecule has 0 saturated heterocycles. The highest BCUT2D eigenvalue weighted by Gasteiger charge is 2.40. The maximum absolute atomic E-state index is 9.55. The van der Waals surface area contributed by atoms with Gasteiger partial charge in [0.15, 0.2) is 6.23 Å². The Morgan fingerprint density at radius 3 is 2.64 bits per heavy atom. The zero-order valence-electron chi connectivity index (χ0n) is 7.35. The normalized spacial score (nSPS) is 36.9. The van der Waals surface area contributed by atoms with Crippen molar-refractivity contribution in [1.29, 1.82) is 0 Å². The molecule has 4 atom stereocenters. The number of nitrogens with zero attached hydrogens (tertiary/aromatic N) is 2. The zero-order chi connectivity index (χ0) is 10.3. The van der Waals surface area contributed by atoms with Crippen molar-refractivity contribution in [3.63, 3.8) is 0 Å². The molecule has 0 unspecified atom stereocenters. The fraction of sp³-hybridized carbons (Fsp3) is 0.625. The molecule has 14 heavy (non-hydrogen) atoms. The molecule has 1 aliphatic heterocycles. The van der Waals surface area contributed by atoms with Gasteiger partial charge in [-0.3, -0.25) is 0 Å². The van der Waals surface area contributed by atoms with Gasteiger partial charge in [-0.1, -0.05) is 0 Å². The Hall–Kier alpha value is -0.950. The molecule has 4 N–H and O–H groups in total. The number of imidazole rings is 1. The molecule has 1 aromatic heterocycles. The lowest BCUT2D eigenvalue weighted by molar-refractivity contribution is -0.122. The van der Waals surface area contributed by atoms with E-state index in [9.17, 15) is 15.3 Å². The fourth-order valence-electron chi connectivity index (χ4n) is 1.76. The summed E-state index contributed by atoms with van der Waals surface area (Å²) in [6.45, 7) is -0.317. The number of hydrogen-bond donors (Lipinski definition) is 4. The van der Waals surface area contributed by atoms with Crippen LogP contribution < -0.4 is 0 Å². The molecular weight excluding hydrogens is 188 g/mol. The van der Waals surface area contributed by atoms with Crippen LogP contribution in [0.3, 0.4) is 0 Å². The molecule has 0 fully saturated rings. The highest BCUT2D eigenvalue weighted by Crippen LogP contribution is 2.31. The summed E-state index contributed by atoms with van der Waals surface area (Å²) in [6, 6.07) is 0. The van der Waals surface area contributed by atoms with Gasteiger partial charge in [0.2, 0.25) is 0 Å². The van der Waals surface area contributed by atoms with Crippen LogP contribution in [0.15, 0.2) is 12.4 Å². The number of fused-ring (bicyclic) bond motifs is 1. The Kier molecular flexibility index (Phi) is 2.28. The van der Waals surface area contributed by atoms with E-state index in [2.05, 4.69) is 4.98 Å². The second-order valence-corrected chi connectivity index (χ2v) is 3.38. The summed E-state index contributed by atoms with van der Waals surface area (Å²) in [6.07, 6.45) is -0.743. The summed E-state index contributed by atoms with van der Waals surface area (Å²) in [7, 11) is 0. The number of aliphatic hydroxyl groups is 4. The molecule has 2 heterocycles. The highest BCUT2D eigenvalue weighted by atomic mass is 16.4. The van der Waals surface area contributed by atoms with E-state index in [0.29, 0.717) is 5.82 Å². The first-order chi connectivity index (χ1) is 6.66. The van der Waals surface area contributed by atoms with E-state index in [4.69, 9.17) is 5.11 Å². The van der Waals surface area contributed by atoms with Crippen molar-refractivity contribution >= 4 is 0 Å². The molecule has 0 radical (unpaired) electrons. The lowest BCUT2D eigenvalue weighted by Gasteiger charge is -2.35. The molecule has 1 aromatic rings. The van der Waals surface area contributed by atoms with Crippen molar-refractivity contribution in [3.05, 3.63) is 18.2 Å². The molecule has 0 amide bonds. The van der Waals surface area contributed by atoms with Gasteiger partial charge in [-0.05, 0) is 0 Å². The van der Waals surface area contributed by atoms with Gasteiger partial charge in [0, 0.05) is 12.4 Å². The molecule has 0 aliphatic carbocycles. The average molecular weight is 200 g/mol. The van der Waals surface area contributed by atoms with E-state index in [1.54, 1.807) is 0 Å². The van der Waals surface area contributed by atoms with Crippen molar-refractivity contribution in [1.82, 2.24) is 9.55 Å². The van der Waals surface area contributed by atoms with Crippen molar-refractivity contribution in [2.75, 3.05) is 6.61 Å². The molecular formula is C8H12N2O4. The van der Waals surface area contributed by atoms with Crippen LogP contribution in [0.2, 0.25) is 0 Å². The Labute approximate surface area is 80.1 Å². The summed E-state index contributed by atoms with van der Waals surface area (Å²) in [5.41, 5.74) is 0.